The van der Waals surface area contributed by atoms with Gasteiger partial charge in [0.15, 0.2) is 0 Å². The summed E-state index contributed by atoms with van der Waals surface area (Å²) in [5.41, 5.74) is 3.75. The van der Waals surface area contributed by atoms with E-state index in [1.54, 1.807) is 11.8 Å². The maximum absolute atomic E-state index is 12.9. The SMILES string of the molecule is CSC1NC(=O)C(CCC(=O)N2CCCC2c2ccc(C)c(C)c2)C(C)N1. The van der Waals surface area contributed by atoms with Crippen molar-refractivity contribution in [2.45, 2.75) is 64.0 Å². The smallest absolute Gasteiger partial charge is 0.226 e. The van der Waals surface area contributed by atoms with Gasteiger partial charge >= 0.3 is 0 Å². The molecule has 27 heavy (non-hydrogen) atoms. The van der Waals surface area contributed by atoms with E-state index in [1.165, 1.54) is 16.7 Å². The van der Waals surface area contributed by atoms with Gasteiger partial charge in [-0.2, -0.15) is 0 Å². The van der Waals surface area contributed by atoms with Crippen LogP contribution in [0, 0.1) is 19.8 Å². The normalized spacial score (nSPS) is 28.3. The van der Waals surface area contributed by atoms with Crippen LogP contribution in [0.15, 0.2) is 18.2 Å². The van der Waals surface area contributed by atoms with E-state index in [9.17, 15) is 9.59 Å². The third-order valence-corrected chi connectivity index (χ3v) is 6.75. The summed E-state index contributed by atoms with van der Waals surface area (Å²) in [4.78, 5) is 27.3. The maximum atomic E-state index is 12.9. The lowest BCUT2D eigenvalue weighted by Gasteiger charge is -2.35. The van der Waals surface area contributed by atoms with Crippen LogP contribution in [0.4, 0.5) is 0 Å². The Morgan fingerprint density at radius 2 is 2.07 bits per heavy atom. The summed E-state index contributed by atoms with van der Waals surface area (Å²) in [6, 6.07) is 6.77. The van der Waals surface area contributed by atoms with Gasteiger partial charge in [0.1, 0.15) is 5.50 Å². The molecular formula is C21H31N3O2S. The number of hydrogen-bond acceptors (Lipinski definition) is 4. The Hall–Kier alpha value is -1.53. The van der Waals surface area contributed by atoms with E-state index in [0.717, 1.165) is 19.4 Å². The first kappa shape index (κ1) is 20.2. The first-order valence-corrected chi connectivity index (χ1v) is 11.2. The molecule has 4 atom stereocenters. The molecule has 0 spiro atoms. The van der Waals surface area contributed by atoms with Crippen LogP contribution in [0.5, 0.6) is 0 Å². The number of nitrogens with zero attached hydrogens (tertiary/aromatic N) is 1. The van der Waals surface area contributed by atoms with Crippen molar-refractivity contribution in [2.75, 3.05) is 12.8 Å². The molecule has 1 aromatic carbocycles. The lowest BCUT2D eigenvalue weighted by atomic mass is 9.92. The number of carbonyl (C=O) groups excluding carboxylic acids is 2. The predicted octanol–water partition coefficient (Wildman–Crippen LogP) is 3.12. The van der Waals surface area contributed by atoms with Crippen LogP contribution in [0.25, 0.3) is 0 Å². The molecule has 5 nitrogen and oxygen atoms in total. The average Bonchev–Trinajstić information content (AvgIpc) is 3.12. The summed E-state index contributed by atoms with van der Waals surface area (Å²) in [5, 5.41) is 6.37. The third-order valence-electron chi connectivity index (χ3n) is 6.02. The topological polar surface area (TPSA) is 61.4 Å². The Labute approximate surface area is 166 Å². The van der Waals surface area contributed by atoms with Gasteiger partial charge in [-0.25, -0.2) is 0 Å². The fraction of sp³-hybridized carbons (Fsp3) is 0.619. The number of thioether (sulfide) groups is 1. The zero-order chi connectivity index (χ0) is 19.6. The molecule has 1 aromatic rings. The summed E-state index contributed by atoms with van der Waals surface area (Å²) in [6.45, 7) is 7.08. The highest BCUT2D eigenvalue weighted by atomic mass is 32.2. The molecule has 0 radical (unpaired) electrons. The molecule has 2 aliphatic rings. The van der Waals surface area contributed by atoms with Crippen molar-refractivity contribution in [3.63, 3.8) is 0 Å². The van der Waals surface area contributed by atoms with Crippen molar-refractivity contribution < 1.29 is 9.59 Å². The van der Waals surface area contributed by atoms with Gasteiger partial charge in [0.25, 0.3) is 0 Å². The van der Waals surface area contributed by atoms with Gasteiger partial charge in [-0.15, -0.1) is 11.8 Å². The number of nitrogens with one attached hydrogen (secondary N) is 2. The molecule has 2 fully saturated rings. The molecule has 2 amide bonds. The van der Waals surface area contributed by atoms with E-state index >= 15 is 0 Å². The van der Waals surface area contributed by atoms with Crippen LogP contribution in [-0.2, 0) is 9.59 Å². The largest absolute Gasteiger partial charge is 0.336 e. The predicted molar refractivity (Wildman–Crippen MR) is 110 cm³/mol. The summed E-state index contributed by atoms with van der Waals surface area (Å²) in [6.07, 6.45) is 5.05. The Bertz CT molecular complexity index is 709. The first-order chi connectivity index (χ1) is 12.9. The van der Waals surface area contributed by atoms with Gasteiger partial charge in [-0.05, 0) is 63.0 Å². The molecule has 0 aliphatic carbocycles. The van der Waals surface area contributed by atoms with Crippen LogP contribution < -0.4 is 10.6 Å². The zero-order valence-electron chi connectivity index (χ0n) is 16.7. The molecule has 6 heteroatoms. The fourth-order valence-electron chi connectivity index (χ4n) is 4.17. The van der Waals surface area contributed by atoms with Gasteiger partial charge in [-0.1, -0.05) is 18.2 Å². The number of carbonyl (C=O) groups is 2. The molecular weight excluding hydrogens is 358 g/mol. The molecule has 2 heterocycles. The molecule has 2 N–H and O–H groups in total. The van der Waals surface area contributed by atoms with E-state index in [4.69, 9.17) is 0 Å². The van der Waals surface area contributed by atoms with E-state index < -0.39 is 0 Å². The number of likely N-dealkylation sites (tertiary alicyclic amines) is 1. The van der Waals surface area contributed by atoms with Gasteiger partial charge < -0.3 is 10.2 Å². The highest BCUT2D eigenvalue weighted by molar-refractivity contribution is 7.99. The van der Waals surface area contributed by atoms with E-state index in [1.807, 2.05) is 18.1 Å². The Kier molecular flexibility index (Phi) is 6.48. The van der Waals surface area contributed by atoms with E-state index in [2.05, 4.69) is 42.7 Å². The Balaban J connectivity index is 1.61. The minimum Gasteiger partial charge on any atom is -0.336 e. The summed E-state index contributed by atoms with van der Waals surface area (Å²) in [5.74, 6) is 0.0725. The molecule has 148 valence electrons. The van der Waals surface area contributed by atoms with Crippen LogP contribution in [0.2, 0.25) is 0 Å². The van der Waals surface area contributed by atoms with Crippen molar-refractivity contribution >= 4 is 23.6 Å². The molecule has 0 aromatic heterocycles. The number of hydrogen-bond donors (Lipinski definition) is 2. The number of benzene rings is 1. The lowest BCUT2D eigenvalue weighted by Crippen LogP contribution is -2.59. The van der Waals surface area contributed by atoms with Crippen LogP contribution >= 0.6 is 11.8 Å². The molecule has 2 aliphatic heterocycles. The maximum Gasteiger partial charge on any atom is 0.226 e. The number of amides is 2. The standard InChI is InChI=1S/C21H31N3O2S/c1-13-7-8-16(12-14(13)2)18-6-5-11-24(18)19(25)10-9-17-15(3)22-21(27-4)23-20(17)26/h7-8,12,15,17-18,21-22H,5-6,9-11H2,1-4H3,(H,23,26). The monoisotopic (exact) mass is 389 g/mol. The van der Waals surface area contributed by atoms with Crippen molar-refractivity contribution in [1.82, 2.24) is 15.5 Å². The average molecular weight is 390 g/mol. The van der Waals surface area contributed by atoms with Crippen molar-refractivity contribution in [3.8, 4) is 0 Å². The van der Waals surface area contributed by atoms with Crippen molar-refractivity contribution in [1.29, 1.82) is 0 Å². The number of rotatable bonds is 5. The van der Waals surface area contributed by atoms with Crippen molar-refractivity contribution in [2.24, 2.45) is 5.92 Å². The second kappa shape index (κ2) is 8.65. The van der Waals surface area contributed by atoms with Crippen LogP contribution in [-0.4, -0.2) is 41.1 Å². The molecule has 4 unspecified atom stereocenters. The summed E-state index contributed by atoms with van der Waals surface area (Å²) in [7, 11) is 0. The second-order valence-corrected chi connectivity index (χ2v) is 8.76. The molecule has 2 saturated heterocycles. The third kappa shape index (κ3) is 4.49. The van der Waals surface area contributed by atoms with Gasteiger partial charge in [0, 0.05) is 19.0 Å². The highest BCUT2D eigenvalue weighted by Crippen LogP contribution is 2.34. The Morgan fingerprint density at radius 1 is 1.30 bits per heavy atom. The molecule has 3 rings (SSSR count). The fourth-order valence-corrected chi connectivity index (χ4v) is 4.76. The van der Waals surface area contributed by atoms with Crippen LogP contribution in [0.3, 0.4) is 0 Å². The van der Waals surface area contributed by atoms with Gasteiger partial charge in [0.05, 0.1) is 12.0 Å². The van der Waals surface area contributed by atoms with Gasteiger partial charge in [0.2, 0.25) is 11.8 Å². The molecule has 0 bridgehead atoms. The molecule has 0 saturated carbocycles. The second-order valence-electron chi connectivity index (χ2n) is 7.81. The minimum atomic E-state index is -0.153. The first-order valence-electron chi connectivity index (χ1n) is 9.86. The quantitative estimate of drug-likeness (QED) is 0.812. The van der Waals surface area contributed by atoms with Crippen LogP contribution in [0.1, 0.15) is 55.3 Å². The van der Waals surface area contributed by atoms with Gasteiger partial charge in [-0.3, -0.25) is 14.9 Å². The van der Waals surface area contributed by atoms with E-state index in [0.29, 0.717) is 12.8 Å². The Morgan fingerprint density at radius 3 is 2.74 bits per heavy atom. The summed E-state index contributed by atoms with van der Waals surface area (Å²) >= 11 is 1.58. The number of aryl methyl sites for hydroxylation is 2. The van der Waals surface area contributed by atoms with E-state index in [-0.39, 0.29) is 35.3 Å². The summed E-state index contributed by atoms with van der Waals surface area (Å²) < 4.78 is 0. The van der Waals surface area contributed by atoms with Crippen molar-refractivity contribution in [3.05, 3.63) is 34.9 Å². The lowest BCUT2D eigenvalue weighted by molar-refractivity contribution is -0.133. The minimum absolute atomic E-state index is 0.0350. The zero-order valence-corrected chi connectivity index (χ0v) is 17.6. The highest BCUT2D eigenvalue weighted by Gasteiger charge is 2.35.